The van der Waals surface area contributed by atoms with Gasteiger partial charge in [0.1, 0.15) is 5.82 Å². The van der Waals surface area contributed by atoms with Gasteiger partial charge in [-0.2, -0.15) is 0 Å². The molecule has 0 bridgehead atoms. The third-order valence-electron chi connectivity index (χ3n) is 1.98. The average Bonchev–Trinajstić information content (AvgIpc) is 2.05. The molecule has 1 N–H and O–H groups in total. The predicted molar refractivity (Wildman–Crippen MR) is 78.0 cm³/mol. The summed E-state index contributed by atoms with van der Waals surface area (Å²) >= 11 is 1.86. The molecule has 1 aromatic rings. The first-order valence-electron chi connectivity index (χ1n) is 6.01. The number of aromatic nitrogens is 1. The van der Waals surface area contributed by atoms with Crippen LogP contribution in [0.2, 0.25) is 0 Å². The van der Waals surface area contributed by atoms with Crippen molar-refractivity contribution >= 4 is 17.6 Å². The molecular weight excluding hydrogens is 228 g/mol. The van der Waals surface area contributed by atoms with Crippen molar-refractivity contribution in [2.24, 2.45) is 0 Å². The largest absolute Gasteiger partial charge is 0.365 e. The zero-order chi connectivity index (χ0) is 13.3. The number of hydrogen-bond acceptors (Lipinski definition) is 3. The van der Waals surface area contributed by atoms with Crippen LogP contribution in [0.5, 0.6) is 0 Å². The molecule has 3 heteroatoms. The molecule has 1 rings (SSSR count). The molecule has 0 saturated carbocycles. The molecule has 0 aromatic carbocycles. The summed E-state index contributed by atoms with van der Waals surface area (Å²) in [7, 11) is 0. The van der Waals surface area contributed by atoms with E-state index in [9.17, 15) is 0 Å². The van der Waals surface area contributed by atoms with Gasteiger partial charge in [0.05, 0.1) is 0 Å². The lowest BCUT2D eigenvalue weighted by atomic mass is 10.1. The normalized spacial score (nSPS) is 12.6. The molecule has 0 spiro atoms. The van der Waals surface area contributed by atoms with Crippen LogP contribution in [0.1, 0.15) is 47.1 Å². The minimum Gasteiger partial charge on any atom is -0.365 e. The van der Waals surface area contributed by atoms with Crippen LogP contribution in [0.4, 0.5) is 5.82 Å². The van der Waals surface area contributed by atoms with Crippen LogP contribution < -0.4 is 5.32 Å². The minimum absolute atomic E-state index is 0.0537. The van der Waals surface area contributed by atoms with E-state index in [1.807, 2.05) is 18.0 Å². The summed E-state index contributed by atoms with van der Waals surface area (Å²) in [5, 5.41) is 3.39. The Labute approximate surface area is 110 Å². The Morgan fingerprint density at radius 2 is 1.71 bits per heavy atom. The number of nitrogens with one attached hydrogen (secondary N) is 1. The minimum atomic E-state index is 0.0537. The van der Waals surface area contributed by atoms with Gasteiger partial charge >= 0.3 is 0 Å². The highest BCUT2D eigenvalue weighted by molar-refractivity contribution is 8.00. The van der Waals surface area contributed by atoms with Crippen molar-refractivity contribution in [3.8, 4) is 0 Å². The van der Waals surface area contributed by atoms with Gasteiger partial charge in [0.2, 0.25) is 0 Å². The van der Waals surface area contributed by atoms with Crippen LogP contribution in [0.15, 0.2) is 17.2 Å². The van der Waals surface area contributed by atoms with E-state index in [2.05, 4.69) is 64.8 Å². The standard InChI is InChI=1S/C14H24N2S/c1-10-8-12(16-13(2,3)4)15-9-11(10)17-14(5,6)7/h8-9H,1-7H3,(H,15,16). The summed E-state index contributed by atoms with van der Waals surface area (Å²) in [4.78, 5) is 5.74. The number of rotatable bonds is 2. The number of thioether (sulfide) groups is 1. The van der Waals surface area contributed by atoms with Gasteiger partial charge in [-0.1, -0.05) is 20.8 Å². The summed E-state index contributed by atoms with van der Waals surface area (Å²) in [5.74, 6) is 0.952. The third-order valence-corrected chi connectivity index (χ3v) is 3.24. The van der Waals surface area contributed by atoms with Crippen LogP contribution >= 0.6 is 11.8 Å². The summed E-state index contributed by atoms with van der Waals surface area (Å²) in [6, 6.07) is 2.12. The van der Waals surface area contributed by atoms with Gasteiger partial charge in [-0.05, 0) is 39.3 Å². The lowest BCUT2D eigenvalue weighted by Crippen LogP contribution is -2.26. The van der Waals surface area contributed by atoms with Gasteiger partial charge in [-0.25, -0.2) is 4.98 Å². The second-order valence-corrected chi connectivity index (χ2v) is 8.29. The molecule has 1 aromatic heterocycles. The van der Waals surface area contributed by atoms with Crippen molar-refractivity contribution < 1.29 is 0 Å². The summed E-state index contributed by atoms with van der Waals surface area (Å²) in [6.45, 7) is 15.2. The molecule has 2 nitrogen and oxygen atoms in total. The summed E-state index contributed by atoms with van der Waals surface area (Å²) in [5.41, 5.74) is 1.34. The first-order valence-corrected chi connectivity index (χ1v) is 6.82. The molecule has 0 aliphatic heterocycles. The van der Waals surface area contributed by atoms with E-state index < -0.39 is 0 Å². The maximum Gasteiger partial charge on any atom is 0.126 e. The molecule has 0 unspecified atom stereocenters. The van der Waals surface area contributed by atoms with E-state index >= 15 is 0 Å². The highest BCUT2D eigenvalue weighted by atomic mass is 32.2. The van der Waals surface area contributed by atoms with Gasteiger partial charge < -0.3 is 5.32 Å². The Balaban J connectivity index is 2.87. The zero-order valence-electron chi connectivity index (χ0n) is 12.0. The Morgan fingerprint density at radius 1 is 1.12 bits per heavy atom. The Morgan fingerprint density at radius 3 is 2.12 bits per heavy atom. The maximum atomic E-state index is 4.48. The molecule has 0 amide bonds. The van der Waals surface area contributed by atoms with Crippen LogP contribution in [0.25, 0.3) is 0 Å². The number of aryl methyl sites for hydroxylation is 1. The highest BCUT2D eigenvalue weighted by Crippen LogP contribution is 2.34. The molecular formula is C14H24N2S. The van der Waals surface area contributed by atoms with Gasteiger partial charge in [0.15, 0.2) is 0 Å². The molecule has 96 valence electrons. The van der Waals surface area contributed by atoms with Crippen molar-refractivity contribution in [2.75, 3.05) is 5.32 Å². The van der Waals surface area contributed by atoms with Gasteiger partial charge in [-0.15, -0.1) is 11.8 Å². The molecule has 0 saturated heterocycles. The van der Waals surface area contributed by atoms with Crippen LogP contribution in [-0.4, -0.2) is 15.3 Å². The van der Waals surface area contributed by atoms with Crippen LogP contribution in [0.3, 0.4) is 0 Å². The summed E-state index contributed by atoms with van der Waals surface area (Å²) < 4.78 is 0.228. The van der Waals surface area contributed by atoms with Crippen molar-refractivity contribution in [3.05, 3.63) is 17.8 Å². The SMILES string of the molecule is Cc1cc(NC(C)(C)C)ncc1SC(C)(C)C. The molecule has 1 heterocycles. The van der Waals surface area contributed by atoms with E-state index in [-0.39, 0.29) is 10.3 Å². The number of hydrogen-bond donors (Lipinski definition) is 1. The zero-order valence-corrected chi connectivity index (χ0v) is 12.8. The number of pyridine rings is 1. The maximum absolute atomic E-state index is 4.48. The fourth-order valence-corrected chi connectivity index (χ4v) is 2.42. The van der Waals surface area contributed by atoms with Crippen molar-refractivity contribution in [3.63, 3.8) is 0 Å². The number of nitrogens with zero attached hydrogens (tertiary/aromatic N) is 1. The lowest BCUT2D eigenvalue weighted by molar-refractivity contribution is 0.630. The molecule has 17 heavy (non-hydrogen) atoms. The topological polar surface area (TPSA) is 24.9 Å². The van der Waals surface area contributed by atoms with Crippen molar-refractivity contribution in [1.29, 1.82) is 0 Å². The van der Waals surface area contributed by atoms with Gasteiger partial charge in [0.25, 0.3) is 0 Å². The van der Waals surface area contributed by atoms with Crippen molar-refractivity contribution in [1.82, 2.24) is 4.98 Å². The third kappa shape index (κ3) is 5.44. The van der Waals surface area contributed by atoms with Gasteiger partial charge in [0, 0.05) is 21.4 Å². The van der Waals surface area contributed by atoms with E-state index in [1.165, 1.54) is 10.5 Å². The fourth-order valence-electron chi connectivity index (χ4n) is 1.43. The Bertz CT molecular complexity index is 386. The first kappa shape index (κ1) is 14.4. The van der Waals surface area contributed by atoms with Crippen LogP contribution in [-0.2, 0) is 0 Å². The second-order valence-electron chi connectivity index (χ2n) is 6.42. The van der Waals surface area contributed by atoms with E-state index in [4.69, 9.17) is 0 Å². The molecule has 0 aliphatic rings. The van der Waals surface area contributed by atoms with Gasteiger partial charge in [-0.3, -0.25) is 0 Å². The lowest BCUT2D eigenvalue weighted by Gasteiger charge is -2.23. The monoisotopic (exact) mass is 252 g/mol. The predicted octanol–water partition coefficient (Wildman–Crippen LogP) is 4.49. The molecule has 0 fully saturated rings. The molecule has 0 radical (unpaired) electrons. The Hall–Kier alpha value is -0.700. The van der Waals surface area contributed by atoms with E-state index in [1.54, 1.807) is 0 Å². The first-order chi connectivity index (χ1) is 7.57. The molecule has 0 atom stereocenters. The van der Waals surface area contributed by atoms with Crippen molar-refractivity contribution in [2.45, 2.75) is 63.6 Å². The molecule has 0 aliphatic carbocycles. The average molecular weight is 252 g/mol. The number of anilines is 1. The second kappa shape index (κ2) is 4.89. The van der Waals surface area contributed by atoms with E-state index in [0.29, 0.717) is 0 Å². The quantitative estimate of drug-likeness (QED) is 0.785. The van der Waals surface area contributed by atoms with Crippen LogP contribution in [0, 0.1) is 6.92 Å². The van der Waals surface area contributed by atoms with E-state index in [0.717, 1.165) is 5.82 Å². The highest BCUT2D eigenvalue weighted by Gasteiger charge is 2.15. The Kier molecular flexibility index (Phi) is 4.13. The smallest absolute Gasteiger partial charge is 0.126 e. The fraction of sp³-hybridized carbons (Fsp3) is 0.643. The summed E-state index contributed by atoms with van der Waals surface area (Å²) in [6.07, 6.45) is 1.97.